The summed E-state index contributed by atoms with van der Waals surface area (Å²) in [5, 5.41) is 12.3. The Labute approximate surface area is 153 Å². The van der Waals surface area contributed by atoms with Crippen LogP contribution in [0.3, 0.4) is 0 Å². The Morgan fingerprint density at radius 1 is 1.38 bits per heavy atom. The number of aromatic nitrogens is 1. The van der Waals surface area contributed by atoms with Gasteiger partial charge in [-0.25, -0.2) is 4.98 Å². The molecule has 3 saturated heterocycles. The molecule has 128 valence electrons. The molecular weight excluding hydrogens is 335 g/mol. The molecule has 4 heterocycles. The van der Waals surface area contributed by atoms with Gasteiger partial charge in [0.25, 0.3) is 0 Å². The molecule has 1 aromatic carbocycles. The highest BCUT2D eigenvalue weighted by Gasteiger charge is 2.49. The molecule has 3 aliphatic rings. The van der Waals surface area contributed by atoms with Gasteiger partial charge >= 0.3 is 0 Å². The highest BCUT2D eigenvalue weighted by molar-refractivity contribution is 7.80. The molecule has 0 saturated carbocycles. The molecule has 1 atom stereocenters. The molecule has 1 unspecified atom stereocenters. The summed E-state index contributed by atoms with van der Waals surface area (Å²) in [6.07, 6.45) is 4.95. The van der Waals surface area contributed by atoms with Gasteiger partial charge in [-0.3, -0.25) is 0 Å². The fraction of sp³-hybridized carbons (Fsp3) is 0.556. The van der Waals surface area contributed by atoms with Gasteiger partial charge in [0.15, 0.2) is 7.98 Å². The zero-order valence-corrected chi connectivity index (χ0v) is 14.8. The lowest BCUT2D eigenvalue weighted by Crippen LogP contribution is -2.68. The van der Waals surface area contributed by atoms with Crippen molar-refractivity contribution in [3.8, 4) is 0 Å². The van der Waals surface area contributed by atoms with Crippen LogP contribution < -0.4 is 0 Å². The molecule has 3 fully saturated rings. The van der Waals surface area contributed by atoms with Gasteiger partial charge in [-0.1, -0.05) is 24.4 Å². The Kier molecular flexibility index (Phi) is 4.28. The predicted molar refractivity (Wildman–Crippen MR) is 108 cm³/mol. The van der Waals surface area contributed by atoms with Crippen LogP contribution in [0.1, 0.15) is 30.7 Å². The van der Waals surface area contributed by atoms with Gasteiger partial charge in [-0.05, 0) is 42.7 Å². The number of nitrogens with zero attached hydrogens (tertiary/aromatic N) is 2. The van der Waals surface area contributed by atoms with Crippen molar-refractivity contribution in [3.63, 3.8) is 0 Å². The number of thiazole rings is 1. The van der Waals surface area contributed by atoms with E-state index in [9.17, 15) is 5.11 Å². The van der Waals surface area contributed by atoms with Crippen LogP contribution >= 0.6 is 23.6 Å². The molecule has 0 aliphatic carbocycles. The van der Waals surface area contributed by atoms with Crippen LogP contribution in [-0.2, 0) is 6.42 Å². The maximum absolute atomic E-state index is 11.2. The van der Waals surface area contributed by atoms with E-state index in [-0.39, 0.29) is 7.98 Å². The zero-order valence-electron chi connectivity index (χ0n) is 13.2. The summed E-state index contributed by atoms with van der Waals surface area (Å²) < 4.78 is 2.52. The first kappa shape index (κ1) is 16.6. The van der Waals surface area contributed by atoms with Crippen molar-refractivity contribution in [3.05, 3.63) is 29.3 Å². The van der Waals surface area contributed by atoms with Crippen LogP contribution in [-0.4, -0.2) is 52.6 Å². The summed E-state index contributed by atoms with van der Waals surface area (Å²) in [5.74, 6) is 0.515. The van der Waals surface area contributed by atoms with E-state index in [1.807, 2.05) is 6.07 Å². The Balaban J connectivity index is 1.38. The number of hydrogen-bond acceptors (Lipinski definition) is 4. The largest absolute Gasteiger partial charge is 0.520 e. The second-order valence-corrected chi connectivity index (χ2v) is 8.64. The minimum absolute atomic E-state index is 0.247. The predicted octanol–water partition coefficient (Wildman–Crippen LogP) is 2.24. The van der Waals surface area contributed by atoms with E-state index < -0.39 is 5.60 Å². The standard InChI is InChI=1S/C18H25BN2OS2/c19-21-9-6-13(7-10-21)18(22,12-21)8-5-14(23)11-17-20-15-3-1-2-4-16(15)24-17/h1-4,13,22H,5-12H2,19H3. The van der Waals surface area contributed by atoms with Crippen LogP contribution in [0.2, 0.25) is 0 Å². The Morgan fingerprint density at radius 2 is 2.12 bits per heavy atom. The molecule has 6 heteroatoms. The average Bonchev–Trinajstić information content (AvgIpc) is 2.95. The Hall–Kier alpha value is -0.815. The molecule has 1 N–H and O–H groups in total. The molecular formula is C18H25BN2OS2. The van der Waals surface area contributed by atoms with E-state index in [2.05, 4.69) is 23.2 Å². The number of piperidine rings is 3. The first-order valence-corrected chi connectivity index (χ1v) is 9.66. The maximum atomic E-state index is 11.2. The molecule has 3 nitrogen and oxygen atoms in total. The van der Waals surface area contributed by atoms with Gasteiger partial charge in [0, 0.05) is 25.4 Å². The molecule has 1 aromatic heterocycles. The SMILES string of the molecule is [BH3-][N+]12CCC(CC1)C(O)(CCC(=S)Cc1nc3ccccc3s1)C2. The van der Waals surface area contributed by atoms with E-state index in [4.69, 9.17) is 12.2 Å². The van der Waals surface area contributed by atoms with Crippen LogP contribution in [0, 0.1) is 5.92 Å². The van der Waals surface area contributed by atoms with Crippen molar-refractivity contribution < 1.29 is 9.50 Å². The monoisotopic (exact) mass is 360 g/mol. The number of rotatable bonds is 5. The molecule has 5 rings (SSSR count). The minimum Gasteiger partial charge on any atom is -0.520 e. The molecule has 0 amide bonds. The van der Waals surface area contributed by atoms with E-state index in [0.29, 0.717) is 5.92 Å². The fourth-order valence-corrected chi connectivity index (χ4v) is 5.38. The smallest absolute Gasteiger partial charge is 0.169 e. The second kappa shape index (κ2) is 6.17. The summed E-state index contributed by atoms with van der Waals surface area (Å²) in [6.45, 7) is 3.69. The Bertz CT molecular complexity index is 736. The first-order valence-electron chi connectivity index (χ1n) is 8.43. The number of para-hydroxylation sites is 1. The van der Waals surface area contributed by atoms with Gasteiger partial charge < -0.3 is 9.50 Å². The van der Waals surface area contributed by atoms with E-state index in [1.165, 1.54) is 35.0 Å². The summed E-state index contributed by atoms with van der Waals surface area (Å²) >= 11 is 7.38. The van der Waals surface area contributed by atoms with E-state index in [0.717, 1.165) is 41.2 Å². The zero-order chi connectivity index (χ0) is 16.8. The van der Waals surface area contributed by atoms with Crippen LogP contribution in [0.5, 0.6) is 0 Å². The van der Waals surface area contributed by atoms with Gasteiger partial charge in [0.2, 0.25) is 0 Å². The van der Waals surface area contributed by atoms with E-state index in [1.54, 1.807) is 11.3 Å². The number of aliphatic hydroxyl groups is 1. The topological polar surface area (TPSA) is 33.1 Å². The highest BCUT2D eigenvalue weighted by atomic mass is 32.1. The van der Waals surface area contributed by atoms with Crippen molar-refractivity contribution in [2.75, 3.05) is 19.6 Å². The van der Waals surface area contributed by atoms with Crippen LogP contribution in [0.25, 0.3) is 10.2 Å². The lowest BCUT2D eigenvalue weighted by molar-refractivity contribution is -0.846. The summed E-state index contributed by atoms with van der Waals surface area (Å²) in [7, 11) is 0.247. The number of fused-ring (bicyclic) bond motifs is 4. The molecule has 0 spiro atoms. The molecule has 3 aliphatic heterocycles. The van der Waals surface area contributed by atoms with Crippen LogP contribution in [0.15, 0.2) is 24.3 Å². The summed E-state index contributed by atoms with van der Waals surface area (Å²) in [5.41, 5.74) is 0.623. The second-order valence-electron chi connectivity index (χ2n) is 6.94. The van der Waals surface area contributed by atoms with Crippen molar-refractivity contribution in [2.45, 2.75) is 37.7 Å². The number of thiocarbonyl (C=S) groups is 1. The van der Waals surface area contributed by atoms with E-state index >= 15 is 0 Å². The molecule has 2 aromatic rings. The fourth-order valence-electron chi connectivity index (χ4n) is 4.04. The molecule has 2 bridgehead atoms. The quantitative estimate of drug-likeness (QED) is 0.656. The maximum Gasteiger partial charge on any atom is 0.169 e. The molecule has 24 heavy (non-hydrogen) atoms. The lowest BCUT2D eigenvalue weighted by Gasteiger charge is -2.60. The van der Waals surface area contributed by atoms with Crippen LogP contribution in [0.4, 0.5) is 0 Å². The number of quaternary nitrogens is 1. The average molecular weight is 360 g/mol. The number of hydrogen-bond donors (Lipinski definition) is 1. The number of benzene rings is 1. The first-order chi connectivity index (χ1) is 11.5. The van der Waals surface area contributed by atoms with Gasteiger partial charge in [-0.2, -0.15) is 0 Å². The van der Waals surface area contributed by atoms with Crippen molar-refractivity contribution in [1.29, 1.82) is 0 Å². The summed E-state index contributed by atoms with van der Waals surface area (Å²) in [6, 6.07) is 8.27. The third-order valence-corrected chi connectivity index (χ3v) is 6.75. The van der Waals surface area contributed by atoms with Crippen molar-refractivity contribution in [2.24, 2.45) is 5.92 Å². The normalized spacial score (nSPS) is 32.3. The summed E-state index contributed by atoms with van der Waals surface area (Å²) in [4.78, 5) is 5.74. The molecule has 0 radical (unpaired) electrons. The van der Waals surface area contributed by atoms with Crippen molar-refractivity contribution >= 4 is 46.6 Å². The Morgan fingerprint density at radius 3 is 2.83 bits per heavy atom. The highest BCUT2D eigenvalue weighted by Crippen LogP contribution is 2.41. The lowest BCUT2D eigenvalue weighted by atomic mass is 9.69. The van der Waals surface area contributed by atoms with Gasteiger partial charge in [0.1, 0.15) is 5.60 Å². The minimum atomic E-state index is -0.449. The van der Waals surface area contributed by atoms with Crippen molar-refractivity contribution in [1.82, 2.24) is 4.98 Å². The van der Waals surface area contributed by atoms with Gasteiger partial charge in [0.05, 0.1) is 21.8 Å². The third kappa shape index (κ3) is 3.17. The third-order valence-electron chi connectivity index (χ3n) is 5.37. The van der Waals surface area contributed by atoms with Gasteiger partial charge in [-0.15, -0.1) is 11.3 Å².